The van der Waals surface area contributed by atoms with Crippen LogP contribution in [0.4, 0.5) is 0 Å². The second-order valence-electron chi connectivity index (χ2n) is 3.42. The number of hydrogen-bond donors (Lipinski definition) is 3. The molecule has 0 saturated carbocycles. The first-order valence-corrected chi connectivity index (χ1v) is 4.41. The number of rotatable bonds is 4. The van der Waals surface area contributed by atoms with Crippen LogP contribution in [-0.2, 0) is 0 Å². The van der Waals surface area contributed by atoms with Crippen LogP contribution in [0.3, 0.4) is 0 Å². The van der Waals surface area contributed by atoms with Gasteiger partial charge >= 0.3 is 0 Å². The molecule has 0 aromatic carbocycles. The summed E-state index contributed by atoms with van der Waals surface area (Å²) in [7, 11) is 0. The van der Waals surface area contributed by atoms with Crippen molar-refractivity contribution < 1.29 is 15.0 Å². The van der Waals surface area contributed by atoms with Gasteiger partial charge in [0.1, 0.15) is 5.69 Å². The molecular weight excluding hydrogens is 198 g/mol. The number of carbonyl (C=O) groups is 1. The van der Waals surface area contributed by atoms with Gasteiger partial charge in [-0.05, 0) is 6.92 Å². The van der Waals surface area contributed by atoms with E-state index in [1.807, 2.05) is 0 Å². The highest BCUT2D eigenvalue weighted by Gasteiger charge is 2.25. The van der Waals surface area contributed by atoms with Gasteiger partial charge < -0.3 is 15.5 Å². The van der Waals surface area contributed by atoms with Crippen molar-refractivity contribution in [1.82, 2.24) is 15.3 Å². The molecule has 6 heteroatoms. The lowest BCUT2D eigenvalue weighted by Gasteiger charge is -2.25. The molecule has 0 saturated heterocycles. The Balaban J connectivity index is 2.72. The fraction of sp³-hybridized carbons (Fsp3) is 0.444. The first-order chi connectivity index (χ1) is 7.11. The zero-order valence-corrected chi connectivity index (χ0v) is 8.34. The van der Waals surface area contributed by atoms with Crippen molar-refractivity contribution in [2.24, 2.45) is 0 Å². The summed E-state index contributed by atoms with van der Waals surface area (Å²) in [6, 6.07) is 0. The van der Waals surface area contributed by atoms with Gasteiger partial charge in [0.15, 0.2) is 0 Å². The van der Waals surface area contributed by atoms with Crippen LogP contribution in [0.2, 0.25) is 0 Å². The quantitative estimate of drug-likeness (QED) is 0.590. The number of aliphatic hydroxyl groups excluding tert-OH is 2. The maximum absolute atomic E-state index is 11.5. The topological polar surface area (TPSA) is 95.3 Å². The molecule has 1 aromatic rings. The minimum absolute atomic E-state index is 0.144. The molecule has 0 aliphatic heterocycles. The third kappa shape index (κ3) is 2.97. The first-order valence-electron chi connectivity index (χ1n) is 4.41. The molecule has 0 aliphatic rings. The Bertz CT molecular complexity index is 325. The number of aromatic nitrogens is 2. The summed E-state index contributed by atoms with van der Waals surface area (Å²) in [6.07, 6.45) is 4.16. The van der Waals surface area contributed by atoms with Crippen LogP contribution in [0, 0.1) is 0 Å². The van der Waals surface area contributed by atoms with Gasteiger partial charge in [-0.3, -0.25) is 9.78 Å². The highest BCUT2D eigenvalue weighted by atomic mass is 16.3. The third-order valence-corrected chi connectivity index (χ3v) is 1.91. The number of hydrogen-bond acceptors (Lipinski definition) is 5. The molecule has 0 aliphatic carbocycles. The summed E-state index contributed by atoms with van der Waals surface area (Å²) in [5.74, 6) is -0.478. The second-order valence-corrected chi connectivity index (χ2v) is 3.42. The van der Waals surface area contributed by atoms with E-state index in [0.717, 1.165) is 0 Å². The predicted molar refractivity (Wildman–Crippen MR) is 52.1 cm³/mol. The molecule has 0 radical (unpaired) electrons. The van der Waals surface area contributed by atoms with E-state index < -0.39 is 11.4 Å². The molecule has 1 aromatic heterocycles. The van der Waals surface area contributed by atoms with Gasteiger partial charge in [0.2, 0.25) is 0 Å². The van der Waals surface area contributed by atoms with Crippen molar-refractivity contribution in [1.29, 1.82) is 0 Å². The Hall–Kier alpha value is -1.53. The third-order valence-electron chi connectivity index (χ3n) is 1.91. The van der Waals surface area contributed by atoms with Crippen LogP contribution >= 0.6 is 0 Å². The molecular formula is C9H13N3O3. The van der Waals surface area contributed by atoms with Crippen LogP contribution in [0.15, 0.2) is 18.6 Å². The Morgan fingerprint density at radius 3 is 2.60 bits per heavy atom. The van der Waals surface area contributed by atoms with E-state index in [0.29, 0.717) is 0 Å². The lowest BCUT2D eigenvalue weighted by Crippen LogP contribution is -2.51. The lowest BCUT2D eigenvalue weighted by molar-refractivity contribution is 0.0719. The van der Waals surface area contributed by atoms with Gasteiger partial charge in [0.05, 0.1) is 24.9 Å². The number of amides is 1. The van der Waals surface area contributed by atoms with E-state index in [1.54, 1.807) is 0 Å². The van der Waals surface area contributed by atoms with Gasteiger partial charge in [-0.15, -0.1) is 0 Å². The predicted octanol–water partition coefficient (Wildman–Crippen LogP) is -1.05. The van der Waals surface area contributed by atoms with Crippen molar-refractivity contribution in [3.05, 3.63) is 24.3 Å². The summed E-state index contributed by atoms with van der Waals surface area (Å²) in [5, 5.41) is 20.4. The van der Waals surface area contributed by atoms with Crippen LogP contribution in [-0.4, -0.2) is 44.8 Å². The smallest absolute Gasteiger partial charge is 0.272 e. The van der Waals surface area contributed by atoms with E-state index >= 15 is 0 Å². The fourth-order valence-corrected chi connectivity index (χ4v) is 0.884. The summed E-state index contributed by atoms with van der Waals surface area (Å²) >= 11 is 0. The summed E-state index contributed by atoms with van der Waals surface area (Å²) in [6.45, 7) is 0.826. The Morgan fingerprint density at radius 1 is 1.47 bits per heavy atom. The summed E-state index contributed by atoms with van der Waals surface area (Å²) in [4.78, 5) is 19.1. The first kappa shape index (κ1) is 11.5. The van der Waals surface area contributed by atoms with Crippen LogP contribution in [0.25, 0.3) is 0 Å². The molecule has 0 unspecified atom stereocenters. The Kier molecular flexibility index (Phi) is 3.70. The second kappa shape index (κ2) is 4.81. The van der Waals surface area contributed by atoms with Crippen LogP contribution in [0.1, 0.15) is 17.4 Å². The minimum Gasteiger partial charge on any atom is -0.394 e. The van der Waals surface area contributed by atoms with Gasteiger partial charge in [-0.2, -0.15) is 0 Å². The van der Waals surface area contributed by atoms with Gasteiger partial charge in [-0.25, -0.2) is 4.98 Å². The normalized spacial score (nSPS) is 11.1. The largest absolute Gasteiger partial charge is 0.394 e. The summed E-state index contributed by atoms with van der Waals surface area (Å²) < 4.78 is 0. The fourth-order valence-electron chi connectivity index (χ4n) is 0.884. The zero-order chi connectivity index (χ0) is 11.3. The molecule has 1 amide bonds. The van der Waals surface area contributed by atoms with E-state index in [4.69, 9.17) is 10.2 Å². The average Bonchev–Trinajstić information content (AvgIpc) is 2.30. The van der Waals surface area contributed by atoms with Gasteiger partial charge in [-0.1, -0.05) is 0 Å². The average molecular weight is 211 g/mol. The number of nitrogens with one attached hydrogen (secondary N) is 1. The minimum atomic E-state index is -1.05. The van der Waals surface area contributed by atoms with Crippen LogP contribution < -0.4 is 5.32 Å². The molecule has 0 fully saturated rings. The van der Waals surface area contributed by atoms with E-state index in [1.165, 1.54) is 25.5 Å². The molecule has 15 heavy (non-hydrogen) atoms. The maximum Gasteiger partial charge on any atom is 0.272 e. The van der Waals surface area contributed by atoms with Crippen molar-refractivity contribution in [2.45, 2.75) is 12.5 Å². The molecule has 1 rings (SSSR count). The number of aliphatic hydroxyl groups is 2. The SMILES string of the molecule is CC(CO)(CO)NC(=O)c1cnccn1. The zero-order valence-electron chi connectivity index (χ0n) is 8.34. The molecule has 0 atom stereocenters. The standard InChI is InChI=1S/C9H13N3O3/c1-9(5-13,6-14)12-8(15)7-4-10-2-3-11-7/h2-4,13-14H,5-6H2,1H3,(H,12,15). The van der Waals surface area contributed by atoms with Gasteiger partial charge in [0, 0.05) is 12.4 Å². The van der Waals surface area contributed by atoms with Crippen LogP contribution in [0.5, 0.6) is 0 Å². The van der Waals surface area contributed by atoms with Crippen molar-refractivity contribution in [3.8, 4) is 0 Å². The van der Waals surface area contributed by atoms with Crippen molar-refractivity contribution >= 4 is 5.91 Å². The molecule has 82 valence electrons. The molecule has 1 heterocycles. The van der Waals surface area contributed by atoms with E-state index in [9.17, 15) is 4.79 Å². The van der Waals surface area contributed by atoms with E-state index in [2.05, 4.69) is 15.3 Å². The highest BCUT2D eigenvalue weighted by Crippen LogP contribution is 2.02. The Morgan fingerprint density at radius 2 is 2.13 bits per heavy atom. The van der Waals surface area contributed by atoms with E-state index in [-0.39, 0.29) is 18.9 Å². The monoisotopic (exact) mass is 211 g/mol. The Labute approximate surface area is 87.0 Å². The summed E-state index contributed by atoms with van der Waals surface area (Å²) in [5.41, 5.74) is -0.903. The number of carbonyl (C=O) groups excluding carboxylic acids is 1. The molecule has 0 spiro atoms. The maximum atomic E-state index is 11.5. The number of nitrogens with zero attached hydrogens (tertiary/aromatic N) is 2. The van der Waals surface area contributed by atoms with Crippen molar-refractivity contribution in [2.75, 3.05) is 13.2 Å². The van der Waals surface area contributed by atoms with Gasteiger partial charge in [0.25, 0.3) is 5.91 Å². The molecule has 3 N–H and O–H groups in total. The molecule has 0 bridgehead atoms. The lowest BCUT2D eigenvalue weighted by atomic mass is 10.1. The van der Waals surface area contributed by atoms with Crippen molar-refractivity contribution in [3.63, 3.8) is 0 Å². The highest BCUT2D eigenvalue weighted by molar-refractivity contribution is 5.92. The molecule has 6 nitrogen and oxygen atoms in total.